The van der Waals surface area contributed by atoms with Crippen LogP contribution in [0.15, 0.2) is 29.6 Å². The highest BCUT2D eigenvalue weighted by molar-refractivity contribution is 7.14. The minimum Gasteiger partial charge on any atom is -0.384 e. The number of aliphatic hydroxyl groups is 1. The van der Waals surface area contributed by atoms with E-state index in [-0.39, 0.29) is 18.6 Å². The van der Waals surface area contributed by atoms with Crippen molar-refractivity contribution in [1.29, 1.82) is 0 Å². The summed E-state index contributed by atoms with van der Waals surface area (Å²) in [5.41, 5.74) is 0. The van der Waals surface area contributed by atoms with Crippen molar-refractivity contribution in [3.63, 3.8) is 0 Å². The van der Waals surface area contributed by atoms with Gasteiger partial charge >= 0.3 is 0 Å². The lowest BCUT2D eigenvalue weighted by atomic mass is 10.2. The molecule has 0 saturated carbocycles. The topological polar surface area (TPSA) is 49.3 Å². The van der Waals surface area contributed by atoms with Crippen LogP contribution in [0.25, 0.3) is 0 Å². The van der Waals surface area contributed by atoms with Crippen LogP contribution < -0.4 is 5.32 Å². The predicted molar refractivity (Wildman–Crippen MR) is 78.5 cm³/mol. The monoisotopic (exact) mass is 291 g/mol. The largest absolute Gasteiger partial charge is 0.384 e. The molecule has 1 amide bonds. The van der Waals surface area contributed by atoms with Crippen LogP contribution in [0.5, 0.6) is 0 Å². The standard InChI is InChI=1S/C14H13NO2S2/c1-10(12-5-3-9-18-12)15-14(17)13-7-6-11(19-13)4-2-8-16/h3,5-7,9-10,16H,8H2,1H3,(H,15,17). The molecule has 2 aromatic heterocycles. The fourth-order valence-electron chi connectivity index (χ4n) is 1.53. The maximum atomic E-state index is 12.0. The quantitative estimate of drug-likeness (QED) is 0.854. The number of hydrogen-bond donors (Lipinski definition) is 2. The van der Waals surface area contributed by atoms with Crippen molar-refractivity contribution in [2.45, 2.75) is 13.0 Å². The number of carbonyl (C=O) groups is 1. The maximum absolute atomic E-state index is 12.0. The number of amides is 1. The first kappa shape index (κ1) is 13.8. The molecule has 2 rings (SSSR count). The van der Waals surface area contributed by atoms with E-state index in [1.165, 1.54) is 11.3 Å². The fourth-order valence-corrected chi connectivity index (χ4v) is 3.05. The molecule has 0 fully saturated rings. The normalized spacial score (nSPS) is 11.5. The van der Waals surface area contributed by atoms with Crippen molar-refractivity contribution in [3.05, 3.63) is 44.3 Å². The molecule has 2 aromatic rings. The molecule has 0 spiro atoms. The van der Waals surface area contributed by atoms with Crippen molar-refractivity contribution < 1.29 is 9.90 Å². The van der Waals surface area contributed by atoms with Crippen molar-refractivity contribution in [1.82, 2.24) is 5.32 Å². The molecule has 0 aliphatic carbocycles. The molecule has 1 atom stereocenters. The summed E-state index contributed by atoms with van der Waals surface area (Å²) in [5, 5.41) is 13.6. The summed E-state index contributed by atoms with van der Waals surface area (Å²) in [6.07, 6.45) is 0. The maximum Gasteiger partial charge on any atom is 0.261 e. The van der Waals surface area contributed by atoms with Gasteiger partial charge in [0.25, 0.3) is 5.91 Å². The highest BCUT2D eigenvalue weighted by Crippen LogP contribution is 2.20. The second kappa shape index (κ2) is 6.53. The van der Waals surface area contributed by atoms with Crippen molar-refractivity contribution in [3.8, 4) is 11.8 Å². The number of hydrogen-bond acceptors (Lipinski definition) is 4. The Morgan fingerprint density at radius 1 is 1.47 bits per heavy atom. The molecule has 2 N–H and O–H groups in total. The van der Waals surface area contributed by atoms with Crippen LogP contribution in [0.1, 0.15) is 32.4 Å². The van der Waals surface area contributed by atoms with E-state index in [1.807, 2.05) is 24.4 Å². The van der Waals surface area contributed by atoms with Gasteiger partial charge in [-0.2, -0.15) is 0 Å². The van der Waals surface area contributed by atoms with Gasteiger partial charge in [-0.1, -0.05) is 17.9 Å². The lowest BCUT2D eigenvalue weighted by Crippen LogP contribution is -2.25. The SMILES string of the molecule is CC(NC(=O)c1ccc(C#CCO)s1)c1cccs1. The summed E-state index contributed by atoms with van der Waals surface area (Å²) in [7, 11) is 0. The Morgan fingerprint density at radius 3 is 3.00 bits per heavy atom. The number of carbonyl (C=O) groups excluding carboxylic acids is 1. The fraction of sp³-hybridized carbons (Fsp3) is 0.214. The molecule has 19 heavy (non-hydrogen) atoms. The van der Waals surface area contributed by atoms with Crippen molar-refractivity contribution in [2.24, 2.45) is 0 Å². The third-order valence-electron chi connectivity index (χ3n) is 2.44. The first-order valence-corrected chi connectivity index (χ1v) is 7.44. The molecule has 2 heterocycles. The number of aliphatic hydroxyl groups excluding tert-OH is 1. The Kier molecular flexibility index (Phi) is 4.74. The molecular formula is C14H13NO2S2. The van der Waals surface area contributed by atoms with Crippen LogP contribution in [-0.4, -0.2) is 17.6 Å². The molecule has 0 aliphatic rings. The van der Waals surface area contributed by atoms with Crippen LogP contribution in [0.4, 0.5) is 0 Å². The minimum absolute atomic E-state index is 0.00146. The van der Waals surface area contributed by atoms with Gasteiger partial charge in [0.1, 0.15) is 6.61 Å². The third-order valence-corrected chi connectivity index (χ3v) is 4.49. The smallest absolute Gasteiger partial charge is 0.261 e. The minimum atomic E-state index is -0.172. The van der Waals surface area contributed by atoms with E-state index < -0.39 is 0 Å². The molecule has 1 unspecified atom stereocenters. The van der Waals surface area contributed by atoms with E-state index in [0.29, 0.717) is 4.88 Å². The summed E-state index contributed by atoms with van der Waals surface area (Å²) < 4.78 is 0. The Bertz CT molecular complexity index is 605. The lowest BCUT2D eigenvalue weighted by molar-refractivity contribution is 0.0944. The molecule has 0 aliphatic heterocycles. The number of nitrogens with one attached hydrogen (secondary N) is 1. The molecule has 5 heteroatoms. The Morgan fingerprint density at radius 2 is 2.32 bits per heavy atom. The van der Waals surface area contributed by atoms with Gasteiger partial charge in [-0.3, -0.25) is 4.79 Å². The van der Waals surface area contributed by atoms with Crippen molar-refractivity contribution >= 4 is 28.6 Å². The van der Waals surface area contributed by atoms with Crippen LogP contribution in [-0.2, 0) is 0 Å². The zero-order valence-corrected chi connectivity index (χ0v) is 12.0. The van der Waals surface area contributed by atoms with Gasteiger partial charge in [0.2, 0.25) is 0 Å². The van der Waals surface area contributed by atoms with E-state index in [4.69, 9.17) is 5.11 Å². The van der Waals surface area contributed by atoms with Gasteiger partial charge in [0, 0.05) is 4.88 Å². The average Bonchev–Trinajstić information content (AvgIpc) is 3.07. The molecule has 0 bridgehead atoms. The Hall–Kier alpha value is -1.61. The third kappa shape index (κ3) is 3.67. The van der Waals surface area contributed by atoms with Gasteiger partial charge in [0.15, 0.2) is 0 Å². The molecular weight excluding hydrogens is 278 g/mol. The molecule has 0 saturated heterocycles. The molecule has 0 radical (unpaired) electrons. The van der Waals surface area contributed by atoms with Gasteiger partial charge < -0.3 is 10.4 Å². The highest BCUT2D eigenvalue weighted by Gasteiger charge is 2.13. The lowest BCUT2D eigenvalue weighted by Gasteiger charge is -2.10. The van der Waals surface area contributed by atoms with Gasteiger partial charge in [-0.25, -0.2) is 0 Å². The Balaban J connectivity index is 2.02. The summed E-state index contributed by atoms with van der Waals surface area (Å²) in [6, 6.07) is 7.51. The second-order valence-electron chi connectivity index (χ2n) is 3.83. The first-order chi connectivity index (χ1) is 9.20. The molecule has 98 valence electrons. The highest BCUT2D eigenvalue weighted by atomic mass is 32.1. The van der Waals surface area contributed by atoms with Gasteiger partial charge in [0.05, 0.1) is 15.8 Å². The second-order valence-corrected chi connectivity index (χ2v) is 5.90. The van der Waals surface area contributed by atoms with E-state index in [2.05, 4.69) is 17.2 Å². The summed E-state index contributed by atoms with van der Waals surface area (Å²) in [4.78, 5) is 14.6. The van der Waals surface area contributed by atoms with Crippen molar-refractivity contribution in [2.75, 3.05) is 6.61 Å². The number of thiophene rings is 2. The van der Waals surface area contributed by atoms with Gasteiger partial charge in [-0.05, 0) is 30.5 Å². The first-order valence-electron chi connectivity index (χ1n) is 5.74. The average molecular weight is 291 g/mol. The summed E-state index contributed by atoms with van der Waals surface area (Å²) in [5.74, 6) is 5.26. The number of rotatable bonds is 3. The zero-order chi connectivity index (χ0) is 13.7. The van der Waals surface area contributed by atoms with E-state index >= 15 is 0 Å². The Labute approximate surface area is 119 Å². The van der Waals surface area contributed by atoms with E-state index in [9.17, 15) is 4.79 Å². The predicted octanol–water partition coefficient (Wildman–Crippen LogP) is 2.64. The van der Waals surface area contributed by atoms with Crippen LogP contribution in [0.2, 0.25) is 0 Å². The zero-order valence-electron chi connectivity index (χ0n) is 10.3. The summed E-state index contributed by atoms with van der Waals surface area (Å²) >= 11 is 2.95. The van der Waals surface area contributed by atoms with Gasteiger partial charge in [-0.15, -0.1) is 22.7 Å². The van der Waals surface area contributed by atoms with Crippen LogP contribution in [0.3, 0.4) is 0 Å². The van der Waals surface area contributed by atoms with Crippen LogP contribution in [0, 0.1) is 11.8 Å². The molecule has 0 aromatic carbocycles. The van der Waals surface area contributed by atoms with E-state index in [1.54, 1.807) is 23.5 Å². The van der Waals surface area contributed by atoms with E-state index in [0.717, 1.165) is 9.75 Å². The molecule has 3 nitrogen and oxygen atoms in total. The van der Waals surface area contributed by atoms with Crippen LogP contribution >= 0.6 is 22.7 Å². The summed E-state index contributed by atoms with van der Waals surface area (Å²) in [6.45, 7) is 1.79.